The highest BCUT2D eigenvalue weighted by Crippen LogP contribution is 2.32. The van der Waals surface area contributed by atoms with Gasteiger partial charge in [0.25, 0.3) is 0 Å². The van der Waals surface area contributed by atoms with Crippen molar-refractivity contribution in [3.8, 4) is 0 Å². The predicted molar refractivity (Wildman–Crippen MR) is 97.7 cm³/mol. The molecule has 3 aromatic rings. The van der Waals surface area contributed by atoms with E-state index >= 15 is 0 Å². The van der Waals surface area contributed by atoms with Gasteiger partial charge in [-0.2, -0.15) is 0 Å². The molecule has 126 valence electrons. The summed E-state index contributed by atoms with van der Waals surface area (Å²) in [7, 11) is 0. The van der Waals surface area contributed by atoms with Crippen molar-refractivity contribution in [1.29, 1.82) is 0 Å². The molecule has 0 saturated heterocycles. The lowest BCUT2D eigenvalue weighted by Crippen LogP contribution is -2.44. The van der Waals surface area contributed by atoms with Gasteiger partial charge in [0.15, 0.2) is 0 Å². The summed E-state index contributed by atoms with van der Waals surface area (Å²) in [5.74, 6) is 0. The number of nitrogens with one attached hydrogen (secondary N) is 1. The Kier molecular flexibility index (Phi) is 4.15. The smallest absolute Gasteiger partial charge is 0.322 e. The van der Waals surface area contributed by atoms with Crippen molar-refractivity contribution in [3.05, 3.63) is 83.4 Å². The summed E-state index contributed by atoms with van der Waals surface area (Å²) in [6, 6.07) is 14.8. The van der Waals surface area contributed by atoms with Gasteiger partial charge in [-0.25, -0.2) is 4.79 Å². The van der Waals surface area contributed by atoms with Gasteiger partial charge in [0.2, 0.25) is 0 Å². The zero-order valence-corrected chi connectivity index (χ0v) is 14.2. The first kappa shape index (κ1) is 15.7. The second kappa shape index (κ2) is 6.61. The fourth-order valence-corrected chi connectivity index (χ4v) is 3.35. The molecule has 0 spiro atoms. The Bertz CT molecular complexity index is 876. The molecule has 0 bridgehead atoms. The summed E-state index contributed by atoms with van der Waals surface area (Å²) in [5.41, 5.74) is 2.87. The molecule has 4 rings (SSSR count). The maximum Gasteiger partial charge on any atom is 0.322 e. The molecular weight excluding hydrogens is 336 g/mol. The Hall–Kier alpha value is -2.79. The van der Waals surface area contributed by atoms with Gasteiger partial charge in [0.05, 0.1) is 6.04 Å². The molecule has 2 amide bonds. The van der Waals surface area contributed by atoms with Crippen LogP contribution in [0.3, 0.4) is 0 Å². The molecule has 1 aromatic carbocycles. The lowest BCUT2D eigenvalue weighted by Gasteiger charge is -2.37. The van der Waals surface area contributed by atoms with Crippen LogP contribution in [-0.2, 0) is 6.54 Å². The van der Waals surface area contributed by atoms with Crippen LogP contribution in [0.5, 0.6) is 0 Å². The van der Waals surface area contributed by atoms with Gasteiger partial charge >= 0.3 is 6.03 Å². The summed E-state index contributed by atoms with van der Waals surface area (Å²) in [5, 5.41) is 3.61. The molecule has 0 radical (unpaired) electrons. The summed E-state index contributed by atoms with van der Waals surface area (Å²) in [4.78, 5) is 18.9. The van der Waals surface area contributed by atoms with E-state index in [4.69, 9.17) is 11.6 Å². The van der Waals surface area contributed by atoms with Gasteiger partial charge in [-0.05, 0) is 54.1 Å². The predicted octanol–water partition coefficient (Wildman–Crippen LogP) is 4.17. The van der Waals surface area contributed by atoms with E-state index in [9.17, 15) is 4.79 Å². The molecule has 3 heterocycles. The van der Waals surface area contributed by atoms with Gasteiger partial charge in [0.1, 0.15) is 0 Å². The van der Waals surface area contributed by atoms with Crippen LogP contribution in [0.4, 0.5) is 10.5 Å². The van der Waals surface area contributed by atoms with Gasteiger partial charge < -0.3 is 14.8 Å². The van der Waals surface area contributed by atoms with Crippen LogP contribution in [0.25, 0.3) is 0 Å². The number of rotatable bonds is 2. The van der Waals surface area contributed by atoms with E-state index in [0.717, 1.165) is 23.5 Å². The molecule has 1 aliphatic heterocycles. The molecular formula is C19H17ClN4O. The minimum absolute atomic E-state index is 0.128. The quantitative estimate of drug-likeness (QED) is 0.752. The number of nitrogens with zero attached hydrogens (tertiary/aromatic N) is 3. The third-order valence-electron chi connectivity index (χ3n) is 4.42. The van der Waals surface area contributed by atoms with E-state index in [1.54, 1.807) is 36.7 Å². The highest BCUT2D eigenvalue weighted by molar-refractivity contribution is 6.30. The van der Waals surface area contributed by atoms with Crippen molar-refractivity contribution in [1.82, 2.24) is 14.5 Å². The second-order valence-corrected chi connectivity index (χ2v) is 6.38. The number of pyridine rings is 1. The zero-order chi connectivity index (χ0) is 17.2. The summed E-state index contributed by atoms with van der Waals surface area (Å²) >= 11 is 5.91. The van der Waals surface area contributed by atoms with Crippen LogP contribution in [0.2, 0.25) is 5.02 Å². The summed E-state index contributed by atoms with van der Waals surface area (Å²) < 4.78 is 2.19. The number of benzene rings is 1. The van der Waals surface area contributed by atoms with Gasteiger partial charge in [-0.15, -0.1) is 0 Å². The molecule has 2 aromatic heterocycles. The Labute approximate surface area is 150 Å². The van der Waals surface area contributed by atoms with Crippen LogP contribution in [0, 0.1) is 0 Å². The van der Waals surface area contributed by atoms with Crippen LogP contribution in [0.15, 0.2) is 67.1 Å². The molecule has 0 saturated carbocycles. The first-order valence-electron chi connectivity index (χ1n) is 8.10. The number of halogens is 1. The van der Waals surface area contributed by atoms with Crippen LogP contribution < -0.4 is 5.32 Å². The molecule has 1 atom stereocenters. The number of aromatic nitrogens is 2. The van der Waals surface area contributed by atoms with E-state index < -0.39 is 0 Å². The number of amides is 2. The number of anilines is 1. The van der Waals surface area contributed by atoms with E-state index in [-0.39, 0.29) is 12.1 Å². The lowest BCUT2D eigenvalue weighted by atomic mass is 10.0. The van der Waals surface area contributed by atoms with Crippen molar-refractivity contribution in [2.75, 3.05) is 11.9 Å². The number of hydrogen-bond acceptors (Lipinski definition) is 2. The van der Waals surface area contributed by atoms with E-state index in [2.05, 4.69) is 27.1 Å². The normalized spacial score (nSPS) is 16.4. The third-order valence-corrected chi connectivity index (χ3v) is 4.67. The average Bonchev–Trinajstić information content (AvgIpc) is 3.12. The van der Waals surface area contributed by atoms with Gasteiger partial charge in [-0.3, -0.25) is 4.98 Å². The van der Waals surface area contributed by atoms with Crippen molar-refractivity contribution >= 4 is 23.3 Å². The highest BCUT2D eigenvalue weighted by Gasteiger charge is 2.32. The molecule has 1 unspecified atom stereocenters. The third kappa shape index (κ3) is 3.10. The maximum absolute atomic E-state index is 12.9. The van der Waals surface area contributed by atoms with Gasteiger partial charge in [0, 0.05) is 48.1 Å². The van der Waals surface area contributed by atoms with Crippen molar-refractivity contribution in [2.45, 2.75) is 12.6 Å². The zero-order valence-electron chi connectivity index (χ0n) is 13.5. The Morgan fingerprint density at radius 2 is 1.84 bits per heavy atom. The summed E-state index contributed by atoms with van der Waals surface area (Å²) in [6.45, 7) is 1.41. The Morgan fingerprint density at radius 1 is 1.08 bits per heavy atom. The fraction of sp³-hybridized carbons (Fsp3) is 0.158. The van der Waals surface area contributed by atoms with E-state index in [1.165, 1.54) is 0 Å². The van der Waals surface area contributed by atoms with Gasteiger partial charge in [-0.1, -0.05) is 11.6 Å². The summed E-state index contributed by atoms with van der Waals surface area (Å²) in [6.07, 6.45) is 5.57. The standard InChI is InChI=1S/C19H17ClN4O/c20-15-3-5-16(6-4-15)22-19(25)24-13-12-23-11-1-2-17(23)18(24)14-7-9-21-10-8-14/h1-11,18H,12-13H2,(H,22,25). The number of fused-ring (bicyclic) bond motifs is 1. The molecule has 0 aliphatic carbocycles. The van der Waals surface area contributed by atoms with Crippen LogP contribution in [-0.4, -0.2) is 27.0 Å². The SMILES string of the molecule is O=C(Nc1ccc(Cl)cc1)N1CCn2cccc2C1c1ccncc1. The maximum atomic E-state index is 12.9. The minimum Gasteiger partial charge on any atom is -0.348 e. The topological polar surface area (TPSA) is 50.2 Å². The molecule has 25 heavy (non-hydrogen) atoms. The van der Waals surface area contributed by atoms with Crippen molar-refractivity contribution in [3.63, 3.8) is 0 Å². The second-order valence-electron chi connectivity index (χ2n) is 5.94. The molecule has 1 N–H and O–H groups in total. The molecule has 0 fully saturated rings. The average molecular weight is 353 g/mol. The first-order chi connectivity index (χ1) is 12.2. The number of urea groups is 1. The van der Waals surface area contributed by atoms with Crippen molar-refractivity contribution in [2.24, 2.45) is 0 Å². The molecule has 5 nitrogen and oxygen atoms in total. The van der Waals surface area contributed by atoms with Crippen LogP contribution >= 0.6 is 11.6 Å². The molecule has 1 aliphatic rings. The number of hydrogen-bond donors (Lipinski definition) is 1. The lowest BCUT2D eigenvalue weighted by molar-refractivity contribution is 0.182. The van der Waals surface area contributed by atoms with E-state index in [1.807, 2.05) is 23.1 Å². The highest BCUT2D eigenvalue weighted by atomic mass is 35.5. The molecule has 6 heteroatoms. The number of carbonyl (C=O) groups excluding carboxylic acids is 1. The van der Waals surface area contributed by atoms with Crippen molar-refractivity contribution < 1.29 is 4.79 Å². The monoisotopic (exact) mass is 352 g/mol. The minimum atomic E-state index is -0.140. The fourth-order valence-electron chi connectivity index (χ4n) is 3.23. The Morgan fingerprint density at radius 3 is 2.60 bits per heavy atom. The number of carbonyl (C=O) groups is 1. The Balaban J connectivity index is 1.65. The largest absolute Gasteiger partial charge is 0.348 e. The van der Waals surface area contributed by atoms with E-state index in [0.29, 0.717) is 11.6 Å². The van der Waals surface area contributed by atoms with Crippen LogP contribution in [0.1, 0.15) is 17.3 Å². The first-order valence-corrected chi connectivity index (χ1v) is 8.48.